The number of hydrogen-bond donors (Lipinski definition) is 2. The Morgan fingerprint density at radius 1 is 1.61 bits per heavy atom. The Morgan fingerprint density at radius 3 is 2.94 bits per heavy atom. The average molecular weight is 330 g/mol. The van der Waals surface area contributed by atoms with Crippen molar-refractivity contribution in [2.45, 2.75) is 32.9 Å². The number of hydrazine groups is 1. The monoisotopic (exact) mass is 329 g/mol. The van der Waals surface area contributed by atoms with Gasteiger partial charge in [-0.05, 0) is 29.3 Å². The van der Waals surface area contributed by atoms with Crippen LogP contribution in [-0.2, 0) is 6.54 Å². The first kappa shape index (κ1) is 13.7. The van der Waals surface area contributed by atoms with Crippen LogP contribution in [0.15, 0.2) is 16.0 Å². The van der Waals surface area contributed by atoms with E-state index in [-0.39, 0.29) is 6.04 Å². The van der Waals surface area contributed by atoms with E-state index in [2.05, 4.69) is 38.4 Å². The zero-order chi connectivity index (χ0) is 13.1. The van der Waals surface area contributed by atoms with Crippen molar-refractivity contribution in [3.63, 3.8) is 0 Å². The maximum atomic E-state index is 5.69. The lowest BCUT2D eigenvalue weighted by Crippen LogP contribution is -2.31. The van der Waals surface area contributed by atoms with E-state index in [1.165, 1.54) is 0 Å². The summed E-state index contributed by atoms with van der Waals surface area (Å²) >= 11 is 5.15. The number of nitrogens with one attached hydrogen (secondary N) is 1. The molecule has 3 N–H and O–H groups in total. The van der Waals surface area contributed by atoms with E-state index in [0.29, 0.717) is 0 Å². The Labute approximate surface area is 119 Å². The standard InChI is InChI=1S/C11H16BrN5S/c1-3-4-17-11(8(12)5-14-17)10(16-13)9-6-18-7(2)15-9/h5-6,10,16H,3-4,13H2,1-2H3. The summed E-state index contributed by atoms with van der Waals surface area (Å²) in [7, 11) is 0. The van der Waals surface area contributed by atoms with Gasteiger partial charge in [0.15, 0.2) is 0 Å². The number of halogens is 1. The summed E-state index contributed by atoms with van der Waals surface area (Å²) in [5.41, 5.74) is 4.77. The van der Waals surface area contributed by atoms with Crippen LogP contribution in [0.2, 0.25) is 0 Å². The van der Waals surface area contributed by atoms with E-state index >= 15 is 0 Å². The minimum atomic E-state index is -0.140. The van der Waals surface area contributed by atoms with Gasteiger partial charge >= 0.3 is 0 Å². The summed E-state index contributed by atoms with van der Waals surface area (Å²) in [4.78, 5) is 4.49. The average Bonchev–Trinajstić information content (AvgIpc) is 2.91. The van der Waals surface area contributed by atoms with Crippen LogP contribution in [0.5, 0.6) is 0 Å². The molecule has 0 aliphatic heterocycles. The van der Waals surface area contributed by atoms with Crippen molar-refractivity contribution in [1.29, 1.82) is 0 Å². The Kier molecular flexibility index (Phi) is 4.50. The van der Waals surface area contributed by atoms with Gasteiger partial charge in [0.25, 0.3) is 0 Å². The Bertz CT molecular complexity index is 521. The predicted molar refractivity (Wildman–Crippen MR) is 76.2 cm³/mol. The second-order valence-corrected chi connectivity index (χ2v) is 5.91. The van der Waals surface area contributed by atoms with Crippen LogP contribution in [0.4, 0.5) is 0 Å². The van der Waals surface area contributed by atoms with Crippen molar-refractivity contribution in [2.75, 3.05) is 0 Å². The molecule has 7 heteroatoms. The maximum absolute atomic E-state index is 5.69. The molecule has 18 heavy (non-hydrogen) atoms. The summed E-state index contributed by atoms with van der Waals surface area (Å²) in [6, 6.07) is -0.140. The zero-order valence-corrected chi connectivity index (χ0v) is 12.8. The molecule has 2 aromatic rings. The molecule has 2 rings (SSSR count). The molecule has 0 spiro atoms. The van der Waals surface area contributed by atoms with Gasteiger partial charge in [-0.3, -0.25) is 10.5 Å². The minimum Gasteiger partial charge on any atom is -0.270 e. The molecule has 0 aromatic carbocycles. The quantitative estimate of drug-likeness (QED) is 0.652. The van der Waals surface area contributed by atoms with Gasteiger partial charge in [0, 0.05) is 11.9 Å². The topological polar surface area (TPSA) is 68.8 Å². The molecule has 0 aliphatic rings. The van der Waals surface area contributed by atoms with E-state index < -0.39 is 0 Å². The fraction of sp³-hybridized carbons (Fsp3) is 0.455. The third kappa shape index (κ3) is 2.64. The van der Waals surface area contributed by atoms with Crippen LogP contribution >= 0.6 is 27.3 Å². The first-order valence-electron chi connectivity index (χ1n) is 5.76. The molecule has 1 atom stereocenters. The summed E-state index contributed by atoms with van der Waals surface area (Å²) in [6.07, 6.45) is 2.82. The lowest BCUT2D eigenvalue weighted by molar-refractivity contribution is 0.514. The summed E-state index contributed by atoms with van der Waals surface area (Å²) in [6.45, 7) is 4.97. The third-order valence-electron chi connectivity index (χ3n) is 2.64. The highest BCUT2D eigenvalue weighted by Gasteiger charge is 2.22. The molecule has 0 saturated heterocycles. The number of nitrogens with two attached hydrogens (primary N) is 1. The van der Waals surface area contributed by atoms with Gasteiger partial charge in [0.1, 0.15) is 6.04 Å². The molecule has 0 bridgehead atoms. The van der Waals surface area contributed by atoms with Crippen LogP contribution < -0.4 is 11.3 Å². The second kappa shape index (κ2) is 5.92. The molecule has 2 heterocycles. The lowest BCUT2D eigenvalue weighted by Gasteiger charge is -2.16. The fourth-order valence-electron chi connectivity index (χ4n) is 1.87. The van der Waals surface area contributed by atoms with Crippen LogP contribution in [0.1, 0.15) is 35.8 Å². The molecule has 0 radical (unpaired) electrons. The molecule has 2 aromatic heterocycles. The van der Waals surface area contributed by atoms with Gasteiger partial charge in [0.05, 0.1) is 27.1 Å². The van der Waals surface area contributed by atoms with Gasteiger partial charge in [-0.2, -0.15) is 5.10 Å². The van der Waals surface area contributed by atoms with Gasteiger partial charge in [-0.25, -0.2) is 10.4 Å². The third-order valence-corrected chi connectivity index (χ3v) is 4.04. The molecule has 5 nitrogen and oxygen atoms in total. The largest absolute Gasteiger partial charge is 0.270 e. The van der Waals surface area contributed by atoms with E-state index in [4.69, 9.17) is 5.84 Å². The highest BCUT2D eigenvalue weighted by molar-refractivity contribution is 9.10. The van der Waals surface area contributed by atoms with E-state index in [0.717, 1.165) is 33.8 Å². The van der Waals surface area contributed by atoms with Gasteiger partial charge < -0.3 is 0 Å². The number of aryl methyl sites for hydroxylation is 2. The highest BCUT2D eigenvalue weighted by Crippen LogP contribution is 2.28. The number of thiazole rings is 1. The number of hydrogen-bond acceptors (Lipinski definition) is 5. The molecule has 0 saturated carbocycles. The van der Waals surface area contributed by atoms with Crippen molar-refractivity contribution in [3.05, 3.63) is 32.4 Å². The zero-order valence-electron chi connectivity index (χ0n) is 10.4. The number of rotatable bonds is 5. The van der Waals surface area contributed by atoms with E-state index in [1.54, 1.807) is 17.5 Å². The van der Waals surface area contributed by atoms with Gasteiger partial charge in [-0.1, -0.05) is 6.92 Å². The minimum absolute atomic E-state index is 0.140. The first-order chi connectivity index (χ1) is 8.67. The summed E-state index contributed by atoms with van der Waals surface area (Å²) < 4.78 is 2.91. The molecule has 1 unspecified atom stereocenters. The van der Waals surface area contributed by atoms with Gasteiger partial charge in [0.2, 0.25) is 0 Å². The summed E-state index contributed by atoms with van der Waals surface area (Å²) in [5.74, 6) is 5.69. The molecule has 0 fully saturated rings. The van der Waals surface area contributed by atoms with Crippen molar-refractivity contribution >= 4 is 27.3 Å². The second-order valence-electron chi connectivity index (χ2n) is 3.99. The SMILES string of the molecule is CCCn1ncc(Br)c1C(NN)c1csc(C)n1. The Balaban J connectivity index is 2.41. The van der Waals surface area contributed by atoms with Crippen LogP contribution in [0, 0.1) is 6.92 Å². The van der Waals surface area contributed by atoms with Crippen molar-refractivity contribution < 1.29 is 0 Å². The first-order valence-corrected chi connectivity index (χ1v) is 7.44. The van der Waals surface area contributed by atoms with E-state index in [9.17, 15) is 0 Å². The number of aromatic nitrogens is 3. The smallest absolute Gasteiger partial charge is 0.107 e. The Morgan fingerprint density at radius 2 is 2.39 bits per heavy atom. The fourth-order valence-corrected chi connectivity index (χ4v) is 3.03. The molecular weight excluding hydrogens is 314 g/mol. The van der Waals surface area contributed by atoms with Gasteiger partial charge in [-0.15, -0.1) is 11.3 Å². The highest BCUT2D eigenvalue weighted by atomic mass is 79.9. The van der Waals surface area contributed by atoms with Crippen molar-refractivity contribution in [1.82, 2.24) is 20.2 Å². The predicted octanol–water partition coefficient (Wildman–Crippen LogP) is 2.37. The molecular formula is C11H16BrN5S. The Hall–Kier alpha value is -0.760. The maximum Gasteiger partial charge on any atom is 0.107 e. The van der Waals surface area contributed by atoms with Crippen LogP contribution in [0.25, 0.3) is 0 Å². The van der Waals surface area contributed by atoms with Crippen LogP contribution in [-0.4, -0.2) is 14.8 Å². The lowest BCUT2D eigenvalue weighted by atomic mass is 10.1. The normalized spacial score (nSPS) is 12.9. The molecule has 98 valence electrons. The molecule has 0 amide bonds. The van der Waals surface area contributed by atoms with Crippen LogP contribution in [0.3, 0.4) is 0 Å². The molecule has 0 aliphatic carbocycles. The van der Waals surface area contributed by atoms with Crippen molar-refractivity contribution in [2.24, 2.45) is 5.84 Å². The number of nitrogens with zero attached hydrogens (tertiary/aromatic N) is 3. The van der Waals surface area contributed by atoms with Crippen molar-refractivity contribution in [3.8, 4) is 0 Å². The van der Waals surface area contributed by atoms with E-state index in [1.807, 2.05) is 17.0 Å². The summed E-state index contributed by atoms with van der Waals surface area (Å²) in [5, 5.41) is 7.41.